The van der Waals surface area contributed by atoms with Gasteiger partial charge in [0.2, 0.25) is 0 Å². The van der Waals surface area contributed by atoms with Crippen molar-refractivity contribution in [3.63, 3.8) is 0 Å². The molecule has 1 saturated heterocycles. The summed E-state index contributed by atoms with van der Waals surface area (Å²) in [6.07, 6.45) is 2.84. The molecule has 0 aliphatic carbocycles. The van der Waals surface area contributed by atoms with Crippen LogP contribution < -0.4 is 0 Å². The van der Waals surface area contributed by atoms with E-state index in [1.807, 2.05) is 13.0 Å². The minimum Gasteiger partial charge on any atom is -0.457 e. The normalized spacial score (nSPS) is 20.0. The van der Waals surface area contributed by atoms with Gasteiger partial charge in [-0.1, -0.05) is 6.07 Å². The van der Waals surface area contributed by atoms with Crippen LogP contribution in [0.25, 0.3) is 17.4 Å². The van der Waals surface area contributed by atoms with E-state index in [9.17, 15) is 25.0 Å². The SMILES string of the molecule is CC1=C(C#N)C(=O)N(CC2CCCO2)C(=O)/C1=C\c1ccc(-c2cc([N+](=O)[O-])ccc2C)o1. The highest BCUT2D eigenvalue weighted by Crippen LogP contribution is 2.32. The molecule has 1 aromatic heterocycles. The number of hydrogen-bond donors (Lipinski definition) is 0. The van der Waals surface area contributed by atoms with E-state index >= 15 is 0 Å². The van der Waals surface area contributed by atoms with Crippen molar-refractivity contribution in [3.8, 4) is 17.4 Å². The van der Waals surface area contributed by atoms with E-state index in [1.54, 1.807) is 25.1 Å². The minimum atomic E-state index is -0.625. The fourth-order valence-corrected chi connectivity index (χ4v) is 3.99. The molecule has 4 rings (SSSR count). The Hall–Kier alpha value is -4.03. The monoisotopic (exact) mass is 447 g/mol. The molecule has 9 nitrogen and oxygen atoms in total. The summed E-state index contributed by atoms with van der Waals surface area (Å²) >= 11 is 0. The van der Waals surface area contributed by atoms with Crippen LogP contribution in [-0.4, -0.2) is 40.9 Å². The van der Waals surface area contributed by atoms with Crippen LogP contribution >= 0.6 is 0 Å². The van der Waals surface area contributed by atoms with Gasteiger partial charge in [0.05, 0.1) is 17.6 Å². The fraction of sp³-hybridized carbons (Fsp3) is 0.292. The van der Waals surface area contributed by atoms with Gasteiger partial charge in [-0.15, -0.1) is 0 Å². The lowest BCUT2D eigenvalue weighted by Crippen LogP contribution is -2.46. The summed E-state index contributed by atoms with van der Waals surface area (Å²) in [5.41, 5.74) is 1.65. The number of rotatable bonds is 5. The first-order valence-electron chi connectivity index (χ1n) is 10.5. The number of ether oxygens (including phenoxy) is 1. The maximum Gasteiger partial charge on any atom is 0.271 e. The Bertz CT molecular complexity index is 1260. The lowest BCUT2D eigenvalue weighted by molar-refractivity contribution is -0.384. The number of non-ortho nitro benzene ring substituents is 1. The number of amides is 2. The van der Waals surface area contributed by atoms with Crippen molar-refractivity contribution in [2.45, 2.75) is 32.8 Å². The number of benzene rings is 1. The van der Waals surface area contributed by atoms with Gasteiger partial charge < -0.3 is 9.15 Å². The van der Waals surface area contributed by atoms with Crippen molar-refractivity contribution in [2.75, 3.05) is 13.2 Å². The molecule has 0 radical (unpaired) electrons. The van der Waals surface area contributed by atoms with Crippen molar-refractivity contribution >= 4 is 23.6 Å². The Morgan fingerprint density at radius 1 is 1.24 bits per heavy atom. The largest absolute Gasteiger partial charge is 0.457 e. The molecule has 0 N–H and O–H groups in total. The first-order valence-corrected chi connectivity index (χ1v) is 10.5. The summed E-state index contributed by atoms with van der Waals surface area (Å²) in [7, 11) is 0. The number of nitro benzene ring substituents is 1. The second kappa shape index (κ2) is 8.84. The van der Waals surface area contributed by atoms with E-state index in [2.05, 4.69) is 0 Å². The maximum absolute atomic E-state index is 13.2. The lowest BCUT2D eigenvalue weighted by atomic mass is 9.94. The van der Waals surface area contributed by atoms with Crippen molar-refractivity contribution in [1.29, 1.82) is 5.26 Å². The smallest absolute Gasteiger partial charge is 0.271 e. The van der Waals surface area contributed by atoms with E-state index in [0.29, 0.717) is 23.7 Å². The molecule has 1 fully saturated rings. The van der Waals surface area contributed by atoms with Crippen molar-refractivity contribution in [1.82, 2.24) is 4.90 Å². The average Bonchev–Trinajstić information content (AvgIpc) is 3.47. The number of carbonyl (C=O) groups excluding carboxylic acids is 2. The van der Waals surface area contributed by atoms with Gasteiger partial charge in [-0.3, -0.25) is 24.6 Å². The Balaban J connectivity index is 1.70. The van der Waals surface area contributed by atoms with Crippen LogP contribution in [0.3, 0.4) is 0 Å². The van der Waals surface area contributed by atoms with Crippen LogP contribution in [0.5, 0.6) is 0 Å². The molecule has 0 saturated carbocycles. The van der Waals surface area contributed by atoms with Crippen LogP contribution in [0.4, 0.5) is 5.69 Å². The first kappa shape index (κ1) is 22.2. The number of carbonyl (C=O) groups is 2. The standard InChI is InChI=1S/C24H21N3O6/c1-14-5-6-16(27(30)31)10-19(14)22-8-7-17(33-22)11-20-15(2)21(12-25)24(29)26(23(20)28)13-18-4-3-9-32-18/h5-8,10-11,18H,3-4,9,13H2,1-2H3/b20-11-. The number of furan rings is 1. The number of nitrogens with zero attached hydrogens (tertiary/aromatic N) is 3. The lowest BCUT2D eigenvalue weighted by Gasteiger charge is -2.29. The molecule has 3 heterocycles. The summed E-state index contributed by atoms with van der Waals surface area (Å²) in [6.45, 7) is 4.03. The third kappa shape index (κ3) is 4.21. The summed E-state index contributed by atoms with van der Waals surface area (Å²) < 4.78 is 11.4. The second-order valence-corrected chi connectivity index (χ2v) is 7.98. The van der Waals surface area contributed by atoms with E-state index in [0.717, 1.165) is 23.3 Å². The molecule has 1 atom stereocenters. The zero-order valence-corrected chi connectivity index (χ0v) is 18.2. The highest BCUT2D eigenvalue weighted by atomic mass is 16.6. The zero-order chi connectivity index (χ0) is 23.7. The van der Waals surface area contributed by atoms with Crippen LogP contribution in [-0.2, 0) is 14.3 Å². The zero-order valence-electron chi connectivity index (χ0n) is 18.2. The minimum absolute atomic E-state index is 0.0601. The Labute approximate surface area is 189 Å². The van der Waals surface area contributed by atoms with Crippen LogP contribution in [0, 0.1) is 28.4 Å². The predicted molar refractivity (Wildman–Crippen MR) is 118 cm³/mol. The molecule has 168 valence electrons. The predicted octanol–water partition coefficient (Wildman–Crippen LogP) is 3.93. The van der Waals surface area contributed by atoms with Crippen LogP contribution in [0.1, 0.15) is 31.1 Å². The van der Waals surface area contributed by atoms with Gasteiger partial charge in [-0.05, 0) is 56.0 Å². The van der Waals surface area contributed by atoms with Gasteiger partial charge in [0.1, 0.15) is 23.2 Å². The summed E-state index contributed by atoms with van der Waals surface area (Å²) in [4.78, 5) is 37.6. The molecule has 2 aromatic rings. The van der Waals surface area contributed by atoms with Gasteiger partial charge >= 0.3 is 0 Å². The summed E-state index contributed by atoms with van der Waals surface area (Å²) in [5.74, 6) is -0.417. The van der Waals surface area contributed by atoms with Crippen LogP contribution in [0.2, 0.25) is 0 Å². The highest BCUT2D eigenvalue weighted by Gasteiger charge is 2.37. The molecule has 2 amide bonds. The van der Waals surface area contributed by atoms with Gasteiger partial charge in [0, 0.05) is 29.9 Å². The molecule has 9 heteroatoms. The Kier molecular flexibility index (Phi) is 5.94. The van der Waals surface area contributed by atoms with E-state index in [-0.39, 0.29) is 35.1 Å². The third-order valence-electron chi connectivity index (χ3n) is 5.85. The molecule has 2 aliphatic rings. The van der Waals surface area contributed by atoms with Gasteiger partial charge in [0.15, 0.2) is 0 Å². The van der Waals surface area contributed by atoms with E-state index < -0.39 is 16.7 Å². The number of nitro groups is 1. The number of imide groups is 1. The number of nitriles is 1. The summed E-state index contributed by atoms with van der Waals surface area (Å²) in [5, 5.41) is 20.7. The molecule has 0 bridgehead atoms. The third-order valence-corrected chi connectivity index (χ3v) is 5.85. The average molecular weight is 447 g/mol. The molecule has 33 heavy (non-hydrogen) atoms. The second-order valence-electron chi connectivity index (χ2n) is 7.98. The van der Waals surface area contributed by atoms with E-state index in [4.69, 9.17) is 9.15 Å². The van der Waals surface area contributed by atoms with Crippen molar-refractivity contribution in [2.24, 2.45) is 0 Å². The quantitative estimate of drug-likeness (QED) is 0.294. The first-order chi connectivity index (χ1) is 15.8. The van der Waals surface area contributed by atoms with Crippen LogP contribution in [0.15, 0.2) is 51.5 Å². The fourth-order valence-electron chi connectivity index (χ4n) is 3.99. The maximum atomic E-state index is 13.2. The number of aryl methyl sites for hydroxylation is 1. The molecular formula is C24H21N3O6. The summed E-state index contributed by atoms with van der Waals surface area (Å²) in [6, 6.07) is 9.69. The molecule has 2 aliphatic heterocycles. The number of hydrogen-bond acceptors (Lipinski definition) is 7. The highest BCUT2D eigenvalue weighted by molar-refractivity contribution is 6.19. The van der Waals surface area contributed by atoms with Gasteiger partial charge in [-0.2, -0.15) is 5.26 Å². The topological polar surface area (TPSA) is 127 Å². The van der Waals surface area contributed by atoms with Crippen molar-refractivity contribution < 1.29 is 23.7 Å². The Morgan fingerprint density at radius 3 is 2.70 bits per heavy atom. The van der Waals surface area contributed by atoms with E-state index in [1.165, 1.54) is 18.2 Å². The van der Waals surface area contributed by atoms with Crippen molar-refractivity contribution in [3.05, 3.63) is 68.5 Å². The molecule has 1 unspecified atom stereocenters. The molecule has 0 spiro atoms. The molecular weight excluding hydrogens is 426 g/mol. The van der Waals surface area contributed by atoms with Gasteiger partial charge in [-0.25, -0.2) is 0 Å². The molecule has 1 aromatic carbocycles. The Morgan fingerprint density at radius 2 is 2.03 bits per heavy atom. The van der Waals surface area contributed by atoms with Gasteiger partial charge in [0.25, 0.3) is 17.5 Å².